The highest BCUT2D eigenvalue weighted by Crippen LogP contribution is 2.56. The van der Waals surface area contributed by atoms with E-state index in [1.165, 1.54) is 12.1 Å². The summed E-state index contributed by atoms with van der Waals surface area (Å²) >= 11 is 0. The second-order valence-corrected chi connectivity index (χ2v) is 4.32. The molecular formula is C11H5F9N2. The first-order valence-corrected chi connectivity index (χ1v) is 5.48. The zero-order valence-corrected chi connectivity index (χ0v) is 10.2. The lowest BCUT2D eigenvalue weighted by Crippen LogP contribution is -2.59. The van der Waals surface area contributed by atoms with Gasteiger partial charge in [0.1, 0.15) is 0 Å². The molecule has 0 aliphatic rings. The predicted octanol–water partition coefficient (Wildman–Crippen LogP) is 4.49. The molecule has 0 saturated heterocycles. The van der Waals surface area contributed by atoms with Gasteiger partial charge in [-0.15, -0.1) is 0 Å². The predicted molar refractivity (Wildman–Crippen MR) is 55.9 cm³/mol. The first-order chi connectivity index (χ1) is 9.82. The number of fused-ring (bicyclic) bond motifs is 1. The van der Waals surface area contributed by atoms with E-state index in [1.54, 1.807) is 4.98 Å². The number of imidazole rings is 1. The van der Waals surface area contributed by atoms with Crippen LogP contribution in [0.25, 0.3) is 11.0 Å². The van der Waals surface area contributed by atoms with Gasteiger partial charge < -0.3 is 4.98 Å². The van der Waals surface area contributed by atoms with Crippen LogP contribution in [-0.2, 0) is 5.92 Å². The third-order valence-corrected chi connectivity index (χ3v) is 2.83. The summed E-state index contributed by atoms with van der Waals surface area (Å²) < 4.78 is 115. The van der Waals surface area contributed by atoms with Crippen molar-refractivity contribution in [3.05, 3.63) is 30.1 Å². The molecule has 1 aromatic carbocycles. The van der Waals surface area contributed by atoms with E-state index in [9.17, 15) is 39.5 Å². The Hall–Kier alpha value is -1.94. The molecule has 0 bridgehead atoms. The SMILES string of the molecule is FC(F)(F)C(F)(F)C(F)(F)C(F)(F)c1nc2ccccc2[nH]1. The van der Waals surface area contributed by atoms with Crippen LogP contribution in [0.4, 0.5) is 39.5 Å². The van der Waals surface area contributed by atoms with Crippen LogP contribution in [0.5, 0.6) is 0 Å². The third kappa shape index (κ3) is 2.10. The number of hydrogen-bond acceptors (Lipinski definition) is 1. The quantitative estimate of drug-likeness (QED) is 0.822. The van der Waals surface area contributed by atoms with Crippen molar-refractivity contribution in [2.24, 2.45) is 0 Å². The molecule has 0 spiro atoms. The second kappa shape index (κ2) is 4.53. The Labute approximate surface area is 115 Å². The van der Waals surface area contributed by atoms with E-state index in [2.05, 4.69) is 4.98 Å². The number of H-pyrrole nitrogens is 1. The molecule has 1 heterocycles. The molecule has 122 valence electrons. The largest absolute Gasteiger partial charge is 0.460 e. The van der Waals surface area contributed by atoms with Crippen LogP contribution in [0, 0.1) is 0 Å². The summed E-state index contributed by atoms with van der Waals surface area (Å²) in [6.07, 6.45) is -6.86. The van der Waals surface area contributed by atoms with E-state index in [4.69, 9.17) is 0 Å². The highest BCUT2D eigenvalue weighted by Gasteiger charge is 2.82. The molecule has 1 aromatic heterocycles. The van der Waals surface area contributed by atoms with Gasteiger partial charge in [0.15, 0.2) is 5.82 Å². The lowest BCUT2D eigenvalue weighted by molar-refractivity contribution is -0.400. The molecule has 0 aliphatic heterocycles. The van der Waals surface area contributed by atoms with Crippen molar-refractivity contribution in [3.63, 3.8) is 0 Å². The van der Waals surface area contributed by atoms with Crippen LogP contribution in [0.15, 0.2) is 24.3 Å². The fourth-order valence-electron chi connectivity index (χ4n) is 1.63. The maximum Gasteiger partial charge on any atom is 0.460 e. The molecule has 0 unspecified atom stereocenters. The van der Waals surface area contributed by atoms with E-state index >= 15 is 0 Å². The van der Waals surface area contributed by atoms with Crippen LogP contribution in [0.2, 0.25) is 0 Å². The summed E-state index contributed by atoms with van der Waals surface area (Å²) in [6.45, 7) is 0. The van der Waals surface area contributed by atoms with E-state index in [0.717, 1.165) is 12.1 Å². The van der Waals surface area contributed by atoms with Gasteiger partial charge in [-0.25, -0.2) is 4.98 Å². The fourth-order valence-corrected chi connectivity index (χ4v) is 1.63. The van der Waals surface area contributed by atoms with Gasteiger partial charge in [-0.2, -0.15) is 39.5 Å². The Balaban J connectivity index is 2.57. The number of nitrogens with zero attached hydrogens (tertiary/aromatic N) is 1. The Kier molecular flexibility index (Phi) is 3.38. The topological polar surface area (TPSA) is 28.7 Å². The molecule has 0 saturated carbocycles. The molecule has 11 heteroatoms. The lowest BCUT2D eigenvalue weighted by Gasteiger charge is -2.32. The van der Waals surface area contributed by atoms with E-state index in [-0.39, 0.29) is 11.0 Å². The van der Waals surface area contributed by atoms with Crippen molar-refractivity contribution in [2.45, 2.75) is 23.9 Å². The number of halogens is 9. The van der Waals surface area contributed by atoms with Crippen molar-refractivity contribution in [2.75, 3.05) is 0 Å². The summed E-state index contributed by atoms with van der Waals surface area (Å²) in [5.74, 6) is -21.5. The number of rotatable bonds is 3. The highest BCUT2D eigenvalue weighted by atomic mass is 19.4. The van der Waals surface area contributed by atoms with Gasteiger partial charge in [0.25, 0.3) is 0 Å². The van der Waals surface area contributed by atoms with Crippen molar-refractivity contribution < 1.29 is 39.5 Å². The lowest BCUT2D eigenvalue weighted by atomic mass is 10.0. The Morgan fingerprint density at radius 3 is 1.82 bits per heavy atom. The molecule has 2 aromatic rings. The first-order valence-electron chi connectivity index (χ1n) is 5.48. The van der Waals surface area contributed by atoms with Crippen LogP contribution in [-0.4, -0.2) is 28.0 Å². The number of hydrogen-bond donors (Lipinski definition) is 1. The van der Waals surface area contributed by atoms with Crippen LogP contribution in [0.3, 0.4) is 0 Å². The van der Waals surface area contributed by atoms with Crippen molar-refractivity contribution in [1.82, 2.24) is 9.97 Å². The molecule has 0 fully saturated rings. The van der Waals surface area contributed by atoms with E-state index < -0.39 is 29.8 Å². The Bertz CT molecular complexity index is 653. The summed E-state index contributed by atoms with van der Waals surface area (Å²) in [7, 11) is 0. The molecular weight excluding hydrogens is 331 g/mol. The Morgan fingerprint density at radius 1 is 0.773 bits per heavy atom. The number of benzene rings is 1. The molecule has 22 heavy (non-hydrogen) atoms. The van der Waals surface area contributed by atoms with E-state index in [1.807, 2.05) is 0 Å². The van der Waals surface area contributed by atoms with Crippen LogP contribution < -0.4 is 0 Å². The van der Waals surface area contributed by atoms with Gasteiger partial charge in [0, 0.05) is 0 Å². The van der Waals surface area contributed by atoms with Crippen molar-refractivity contribution >= 4 is 11.0 Å². The summed E-state index contributed by atoms with van der Waals surface area (Å²) in [5.41, 5.74) is -0.508. The van der Waals surface area contributed by atoms with Gasteiger partial charge in [0.05, 0.1) is 11.0 Å². The number of aromatic amines is 1. The molecule has 0 amide bonds. The van der Waals surface area contributed by atoms with Gasteiger partial charge in [-0.05, 0) is 12.1 Å². The van der Waals surface area contributed by atoms with Gasteiger partial charge in [-0.1, -0.05) is 12.1 Å². The van der Waals surface area contributed by atoms with Gasteiger partial charge >= 0.3 is 23.9 Å². The maximum absolute atomic E-state index is 13.6. The molecule has 2 nitrogen and oxygen atoms in total. The van der Waals surface area contributed by atoms with Crippen molar-refractivity contribution in [3.8, 4) is 0 Å². The summed E-state index contributed by atoms with van der Waals surface area (Å²) in [5, 5.41) is 0. The molecule has 2 rings (SSSR count). The minimum Gasteiger partial charge on any atom is -0.337 e. The minimum atomic E-state index is -6.94. The van der Waals surface area contributed by atoms with Gasteiger partial charge in [-0.3, -0.25) is 0 Å². The fraction of sp³-hybridized carbons (Fsp3) is 0.364. The zero-order chi connectivity index (χ0) is 17.0. The second-order valence-electron chi connectivity index (χ2n) is 4.32. The smallest absolute Gasteiger partial charge is 0.337 e. The molecule has 0 aliphatic carbocycles. The summed E-state index contributed by atoms with van der Waals surface area (Å²) in [6, 6.07) is 4.78. The molecule has 0 atom stereocenters. The monoisotopic (exact) mass is 336 g/mol. The number of nitrogens with one attached hydrogen (secondary N) is 1. The highest BCUT2D eigenvalue weighted by molar-refractivity contribution is 5.74. The first kappa shape index (κ1) is 16.4. The summed E-state index contributed by atoms with van der Waals surface area (Å²) in [4.78, 5) is 4.58. The third-order valence-electron chi connectivity index (χ3n) is 2.83. The standard InChI is InChI=1S/C11H5F9N2/c12-8(13,9(14,15)10(16,17)11(18,19)20)7-21-5-3-1-2-4-6(5)22-7/h1-4H,(H,21,22). The molecule has 1 N–H and O–H groups in total. The average molecular weight is 336 g/mol. The average Bonchev–Trinajstić information content (AvgIpc) is 2.81. The number of alkyl halides is 9. The Morgan fingerprint density at radius 2 is 1.32 bits per heavy atom. The number of para-hydroxylation sites is 2. The van der Waals surface area contributed by atoms with Crippen LogP contribution in [0.1, 0.15) is 5.82 Å². The van der Waals surface area contributed by atoms with Crippen LogP contribution >= 0.6 is 0 Å². The van der Waals surface area contributed by atoms with Crippen molar-refractivity contribution in [1.29, 1.82) is 0 Å². The maximum atomic E-state index is 13.6. The van der Waals surface area contributed by atoms with E-state index in [0.29, 0.717) is 0 Å². The normalized spacial score (nSPS) is 14.6. The molecule has 0 radical (unpaired) electrons. The zero-order valence-electron chi connectivity index (χ0n) is 10.2. The number of aromatic nitrogens is 2. The van der Waals surface area contributed by atoms with Gasteiger partial charge in [0.2, 0.25) is 0 Å². The minimum absolute atomic E-state index is 0.219.